The first-order valence-electron chi connectivity index (χ1n) is 11.0. The molecule has 2 aliphatic heterocycles. The number of carbonyl (C=O) groups is 1. The number of hydrogen-bond donors (Lipinski definition) is 1. The third-order valence-corrected chi connectivity index (χ3v) is 6.13. The van der Waals surface area contributed by atoms with Crippen LogP contribution in [0.15, 0.2) is 42.0 Å². The predicted molar refractivity (Wildman–Crippen MR) is 116 cm³/mol. The summed E-state index contributed by atoms with van der Waals surface area (Å²) in [5.74, 6) is 0.963. The highest BCUT2D eigenvalue weighted by atomic mass is 16.1. The van der Waals surface area contributed by atoms with Crippen LogP contribution in [-0.2, 0) is 11.3 Å². The van der Waals surface area contributed by atoms with Crippen molar-refractivity contribution < 1.29 is 4.79 Å². The van der Waals surface area contributed by atoms with E-state index in [9.17, 15) is 4.79 Å². The van der Waals surface area contributed by atoms with E-state index in [1.54, 1.807) is 0 Å². The average Bonchev–Trinajstić information content (AvgIpc) is 3.13. The minimum absolute atomic E-state index is 0.249. The SMILES string of the molecule is CC(C)=CCN1CCC(CCC(=O)N[C@H]2CCN(Cc3ccccc3)C2)CC1. The molecule has 0 saturated carbocycles. The zero-order valence-electron chi connectivity index (χ0n) is 17.7. The molecule has 1 atom stereocenters. The molecule has 2 heterocycles. The van der Waals surface area contributed by atoms with Gasteiger partial charge in [0.2, 0.25) is 5.91 Å². The monoisotopic (exact) mass is 383 g/mol. The number of hydrogen-bond acceptors (Lipinski definition) is 3. The van der Waals surface area contributed by atoms with Crippen LogP contribution in [0, 0.1) is 5.92 Å². The Hall–Kier alpha value is -1.65. The van der Waals surface area contributed by atoms with Crippen LogP contribution < -0.4 is 5.32 Å². The lowest BCUT2D eigenvalue weighted by atomic mass is 9.92. The molecule has 2 fully saturated rings. The van der Waals surface area contributed by atoms with E-state index >= 15 is 0 Å². The summed E-state index contributed by atoms with van der Waals surface area (Å²) in [6.45, 7) is 10.8. The van der Waals surface area contributed by atoms with E-state index in [0.717, 1.165) is 39.0 Å². The Labute approximate surface area is 171 Å². The van der Waals surface area contributed by atoms with E-state index in [1.165, 1.54) is 37.1 Å². The number of likely N-dealkylation sites (tertiary alicyclic amines) is 2. The standard InChI is InChI=1S/C24H37N3O/c1-20(2)10-14-26-15-11-21(12-16-26)8-9-24(28)25-23-13-17-27(19-23)18-22-6-4-3-5-7-22/h3-7,10,21,23H,8-9,11-19H2,1-2H3,(H,25,28)/t23-/m0/s1. The van der Waals surface area contributed by atoms with Crippen molar-refractivity contribution in [2.45, 2.75) is 58.5 Å². The van der Waals surface area contributed by atoms with E-state index < -0.39 is 0 Å². The Morgan fingerprint density at radius 1 is 1.07 bits per heavy atom. The zero-order valence-corrected chi connectivity index (χ0v) is 17.7. The third kappa shape index (κ3) is 7.06. The lowest BCUT2D eigenvalue weighted by Crippen LogP contribution is -2.38. The minimum Gasteiger partial charge on any atom is -0.352 e. The molecule has 154 valence electrons. The van der Waals surface area contributed by atoms with Crippen molar-refractivity contribution in [3.8, 4) is 0 Å². The number of nitrogens with one attached hydrogen (secondary N) is 1. The maximum atomic E-state index is 12.4. The van der Waals surface area contributed by atoms with Crippen LogP contribution in [0.1, 0.15) is 51.5 Å². The van der Waals surface area contributed by atoms with Gasteiger partial charge in [-0.15, -0.1) is 0 Å². The Balaban J connectivity index is 1.29. The summed E-state index contributed by atoms with van der Waals surface area (Å²) in [5.41, 5.74) is 2.75. The summed E-state index contributed by atoms with van der Waals surface area (Å²) in [6, 6.07) is 10.9. The maximum Gasteiger partial charge on any atom is 0.220 e. The van der Waals surface area contributed by atoms with Crippen molar-refractivity contribution in [2.24, 2.45) is 5.92 Å². The first-order chi connectivity index (χ1) is 13.6. The predicted octanol–water partition coefficient (Wildman–Crippen LogP) is 3.84. The molecule has 4 nitrogen and oxygen atoms in total. The van der Waals surface area contributed by atoms with Crippen LogP contribution in [0.4, 0.5) is 0 Å². The van der Waals surface area contributed by atoms with E-state index in [1.807, 2.05) is 0 Å². The van der Waals surface area contributed by atoms with Gasteiger partial charge in [0.15, 0.2) is 0 Å². The molecule has 0 radical (unpaired) electrons. The van der Waals surface area contributed by atoms with Gasteiger partial charge in [-0.1, -0.05) is 42.0 Å². The van der Waals surface area contributed by atoms with E-state index in [2.05, 4.69) is 65.4 Å². The fraction of sp³-hybridized carbons (Fsp3) is 0.625. The highest BCUT2D eigenvalue weighted by Crippen LogP contribution is 2.22. The van der Waals surface area contributed by atoms with Crippen molar-refractivity contribution >= 4 is 5.91 Å². The number of piperidine rings is 1. The van der Waals surface area contributed by atoms with E-state index in [-0.39, 0.29) is 5.91 Å². The Morgan fingerprint density at radius 3 is 2.50 bits per heavy atom. The molecule has 1 amide bonds. The van der Waals surface area contributed by atoms with Crippen LogP contribution in [0.3, 0.4) is 0 Å². The summed E-state index contributed by atoms with van der Waals surface area (Å²) >= 11 is 0. The number of carbonyl (C=O) groups excluding carboxylic acids is 1. The van der Waals surface area contributed by atoms with Crippen molar-refractivity contribution in [1.29, 1.82) is 0 Å². The number of rotatable bonds is 8. The molecule has 0 bridgehead atoms. The largest absolute Gasteiger partial charge is 0.352 e. The molecule has 2 aliphatic rings. The van der Waals surface area contributed by atoms with Crippen molar-refractivity contribution in [3.05, 3.63) is 47.5 Å². The fourth-order valence-corrected chi connectivity index (χ4v) is 4.34. The first-order valence-corrected chi connectivity index (χ1v) is 11.0. The lowest BCUT2D eigenvalue weighted by Gasteiger charge is -2.31. The van der Waals surface area contributed by atoms with Gasteiger partial charge in [0, 0.05) is 38.6 Å². The molecule has 28 heavy (non-hydrogen) atoms. The molecule has 0 unspecified atom stereocenters. The Morgan fingerprint density at radius 2 is 1.79 bits per heavy atom. The van der Waals surface area contributed by atoms with Crippen LogP contribution >= 0.6 is 0 Å². The summed E-state index contributed by atoms with van der Waals surface area (Å²) in [7, 11) is 0. The molecule has 0 aromatic heterocycles. The summed E-state index contributed by atoms with van der Waals surface area (Å²) in [4.78, 5) is 17.4. The van der Waals surface area contributed by atoms with E-state index in [4.69, 9.17) is 0 Å². The summed E-state index contributed by atoms with van der Waals surface area (Å²) < 4.78 is 0. The second kappa shape index (κ2) is 10.8. The van der Waals surface area contributed by atoms with Gasteiger partial charge in [-0.2, -0.15) is 0 Å². The number of benzene rings is 1. The van der Waals surface area contributed by atoms with Gasteiger partial charge < -0.3 is 5.32 Å². The van der Waals surface area contributed by atoms with Crippen LogP contribution in [0.25, 0.3) is 0 Å². The average molecular weight is 384 g/mol. The van der Waals surface area contributed by atoms with Gasteiger partial charge in [-0.05, 0) is 64.1 Å². The Kier molecular flexibility index (Phi) is 8.11. The van der Waals surface area contributed by atoms with Gasteiger partial charge >= 0.3 is 0 Å². The molecule has 0 spiro atoms. The van der Waals surface area contributed by atoms with Gasteiger partial charge in [-0.3, -0.25) is 14.6 Å². The van der Waals surface area contributed by atoms with Crippen molar-refractivity contribution in [3.63, 3.8) is 0 Å². The molecule has 1 aromatic carbocycles. The lowest BCUT2D eigenvalue weighted by molar-refractivity contribution is -0.122. The summed E-state index contributed by atoms with van der Waals surface area (Å²) in [6.07, 6.45) is 7.59. The van der Waals surface area contributed by atoms with Gasteiger partial charge in [0.05, 0.1) is 0 Å². The third-order valence-electron chi connectivity index (χ3n) is 6.13. The molecule has 0 aliphatic carbocycles. The quantitative estimate of drug-likeness (QED) is 0.693. The van der Waals surface area contributed by atoms with Crippen molar-refractivity contribution in [2.75, 3.05) is 32.7 Å². The topological polar surface area (TPSA) is 35.6 Å². The highest BCUT2D eigenvalue weighted by molar-refractivity contribution is 5.76. The smallest absolute Gasteiger partial charge is 0.220 e. The number of nitrogens with zero attached hydrogens (tertiary/aromatic N) is 2. The van der Waals surface area contributed by atoms with Gasteiger partial charge in [0.25, 0.3) is 0 Å². The minimum atomic E-state index is 0.249. The second-order valence-corrected chi connectivity index (χ2v) is 8.84. The first kappa shape index (κ1) is 21.1. The summed E-state index contributed by atoms with van der Waals surface area (Å²) in [5, 5.41) is 3.28. The highest BCUT2D eigenvalue weighted by Gasteiger charge is 2.24. The molecular formula is C24H37N3O. The number of amides is 1. The fourth-order valence-electron chi connectivity index (χ4n) is 4.34. The molecular weight excluding hydrogens is 346 g/mol. The van der Waals surface area contributed by atoms with Gasteiger partial charge in [0.1, 0.15) is 0 Å². The van der Waals surface area contributed by atoms with Crippen LogP contribution in [0.2, 0.25) is 0 Å². The molecule has 3 rings (SSSR count). The normalized spacial score (nSPS) is 21.6. The number of allylic oxidation sites excluding steroid dienone is 1. The van der Waals surface area contributed by atoms with Crippen LogP contribution in [0.5, 0.6) is 0 Å². The molecule has 1 N–H and O–H groups in total. The van der Waals surface area contributed by atoms with Crippen molar-refractivity contribution in [1.82, 2.24) is 15.1 Å². The zero-order chi connectivity index (χ0) is 19.8. The molecule has 2 saturated heterocycles. The van der Waals surface area contributed by atoms with Crippen LogP contribution in [-0.4, -0.2) is 54.5 Å². The van der Waals surface area contributed by atoms with Gasteiger partial charge in [-0.25, -0.2) is 0 Å². The Bertz CT molecular complexity index is 631. The second-order valence-electron chi connectivity index (χ2n) is 8.84. The molecule has 4 heteroatoms. The maximum absolute atomic E-state index is 12.4. The van der Waals surface area contributed by atoms with E-state index in [0.29, 0.717) is 18.4 Å². The molecule has 1 aromatic rings.